The lowest BCUT2D eigenvalue weighted by Crippen LogP contribution is -2.32. The first-order chi connectivity index (χ1) is 12.9. The predicted octanol–water partition coefficient (Wildman–Crippen LogP) is 1.47. The highest BCUT2D eigenvalue weighted by molar-refractivity contribution is 7.92. The normalized spacial score (nSPS) is 11.7. The number of ketones is 1. The van der Waals surface area contributed by atoms with Crippen molar-refractivity contribution >= 4 is 32.4 Å². The number of benzene rings is 1. The average Bonchev–Trinajstić information content (AvgIpc) is 3.07. The molecule has 0 fully saturated rings. The number of Topliss-reactive ketones (excluding diaryl/α,β-unsaturated/α-hetero) is 1. The summed E-state index contributed by atoms with van der Waals surface area (Å²) in [4.78, 5) is 15.9. The van der Waals surface area contributed by atoms with Crippen molar-refractivity contribution in [3.63, 3.8) is 0 Å². The molecule has 0 saturated heterocycles. The molecule has 0 bridgehead atoms. The van der Waals surface area contributed by atoms with Crippen molar-refractivity contribution < 1.29 is 13.2 Å². The molecule has 1 aromatic carbocycles. The average molecular weight is 387 g/mol. The number of para-hydroxylation sites is 1. The molecule has 0 amide bonds. The van der Waals surface area contributed by atoms with Gasteiger partial charge in [-0.1, -0.05) is 12.1 Å². The first-order valence-corrected chi connectivity index (χ1v) is 10.1. The first kappa shape index (κ1) is 19.0. The predicted molar refractivity (Wildman–Crippen MR) is 104 cm³/mol. The highest BCUT2D eigenvalue weighted by atomic mass is 32.2. The molecule has 9 heteroatoms. The van der Waals surface area contributed by atoms with Crippen LogP contribution in [0.15, 0.2) is 42.7 Å². The van der Waals surface area contributed by atoms with E-state index in [1.807, 2.05) is 6.07 Å². The van der Waals surface area contributed by atoms with Gasteiger partial charge in [0.1, 0.15) is 0 Å². The number of carbonyl (C=O) groups excluding carboxylic acids is 1. The number of carbonyl (C=O) groups is 1. The molecule has 142 valence electrons. The Morgan fingerprint density at radius 3 is 2.63 bits per heavy atom. The Bertz CT molecular complexity index is 1070. The number of pyridine rings is 1. The molecule has 0 atom stereocenters. The summed E-state index contributed by atoms with van der Waals surface area (Å²) in [5.74, 6) is -0.267. The minimum Gasteiger partial charge on any atom is -0.324 e. The van der Waals surface area contributed by atoms with E-state index in [1.54, 1.807) is 49.1 Å². The van der Waals surface area contributed by atoms with Crippen LogP contribution in [0.3, 0.4) is 0 Å². The number of fused-ring (bicyclic) bond motifs is 1. The lowest BCUT2D eigenvalue weighted by molar-refractivity contribution is 0.100. The van der Waals surface area contributed by atoms with E-state index in [0.29, 0.717) is 16.9 Å². The van der Waals surface area contributed by atoms with Gasteiger partial charge in [-0.25, -0.2) is 8.42 Å². The SMILES string of the molecule is CCS(=O)(=O)N(Cc1ccc(C(=O)CN)cn1)c1cccc2cnn(C)c12. The standard InChI is InChI=1S/C18H21N5O3S/c1-3-27(25,26)23(12-15-8-7-13(10-20-15)17(24)9-19)16-6-4-5-14-11-21-22(2)18(14)16/h4-8,10-11H,3,9,12,19H2,1-2H3. The summed E-state index contributed by atoms with van der Waals surface area (Å²) in [6.45, 7) is 1.56. The fourth-order valence-electron chi connectivity index (χ4n) is 2.85. The molecule has 0 spiro atoms. The number of nitrogens with zero attached hydrogens (tertiary/aromatic N) is 4. The van der Waals surface area contributed by atoms with Crippen LogP contribution >= 0.6 is 0 Å². The summed E-state index contributed by atoms with van der Waals surface area (Å²) in [5.41, 5.74) is 7.55. The monoisotopic (exact) mass is 387 g/mol. The number of aryl methyl sites for hydroxylation is 1. The molecule has 0 aliphatic heterocycles. The lowest BCUT2D eigenvalue weighted by Gasteiger charge is -2.24. The fraction of sp³-hybridized carbons (Fsp3) is 0.278. The van der Waals surface area contributed by atoms with E-state index in [2.05, 4.69) is 10.1 Å². The number of nitrogens with two attached hydrogens (primary N) is 1. The summed E-state index contributed by atoms with van der Waals surface area (Å²) in [6, 6.07) is 8.69. The molecule has 2 N–H and O–H groups in total. The Kier molecular flexibility index (Phi) is 5.24. The maximum atomic E-state index is 12.8. The van der Waals surface area contributed by atoms with Gasteiger partial charge in [0.2, 0.25) is 10.0 Å². The summed E-state index contributed by atoms with van der Waals surface area (Å²) >= 11 is 0. The van der Waals surface area contributed by atoms with E-state index in [4.69, 9.17) is 5.73 Å². The zero-order chi connectivity index (χ0) is 19.6. The van der Waals surface area contributed by atoms with Crippen molar-refractivity contribution in [2.24, 2.45) is 12.8 Å². The van der Waals surface area contributed by atoms with Crippen LogP contribution in [0.2, 0.25) is 0 Å². The third-order valence-electron chi connectivity index (χ3n) is 4.35. The quantitative estimate of drug-likeness (QED) is 0.615. The number of rotatable bonds is 7. The maximum Gasteiger partial charge on any atom is 0.235 e. The highest BCUT2D eigenvalue weighted by Crippen LogP contribution is 2.29. The molecular weight excluding hydrogens is 366 g/mol. The van der Waals surface area contributed by atoms with Crippen molar-refractivity contribution in [2.75, 3.05) is 16.6 Å². The van der Waals surface area contributed by atoms with Gasteiger partial charge in [0.25, 0.3) is 0 Å². The number of sulfonamides is 1. The van der Waals surface area contributed by atoms with Gasteiger partial charge in [-0.05, 0) is 25.1 Å². The zero-order valence-corrected chi connectivity index (χ0v) is 16.0. The van der Waals surface area contributed by atoms with E-state index in [0.717, 1.165) is 10.9 Å². The molecule has 0 saturated carbocycles. The first-order valence-electron chi connectivity index (χ1n) is 8.46. The van der Waals surface area contributed by atoms with Crippen molar-refractivity contribution in [1.29, 1.82) is 0 Å². The Morgan fingerprint density at radius 2 is 2.00 bits per heavy atom. The molecule has 0 unspecified atom stereocenters. The van der Waals surface area contributed by atoms with Crippen LogP contribution in [0, 0.1) is 0 Å². The van der Waals surface area contributed by atoms with Crippen LogP contribution in [0.25, 0.3) is 10.9 Å². The van der Waals surface area contributed by atoms with Gasteiger partial charge >= 0.3 is 0 Å². The summed E-state index contributed by atoms with van der Waals surface area (Å²) < 4.78 is 28.6. The fourth-order valence-corrected chi connectivity index (χ4v) is 3.94. The molecule has 2 heterocycles. The molecule has 0 aliphatic carbocycles. The minimum absolute atomic E-state index is 0.0506. The van der Waals surface area contributed by atoms with E-state index >= 15 is 0 Å². The van der Waals surface area contributed by atoms with Gasteiger partial charge in [0.05, 0.1) is 41.9 Å². The summed E-state index contributed by atoms with van der Waals surface area (Å²) in [6.07, 6.45) is 3.12. The van der Waals surface area contributed by atoms with Gasteiger partial charge in [-0.15, -0.1) is 0 Å². The van der Waals surface area contributed by atoms with E-state index in [-0.39, 0.29) is 24.6 Å². The van der Waals surface area contributed by atoms with Crippen LogP contribution in [-0.2, 0) is 23.6 Å². The number of hydrogen-bond acceptors (Lipinski definition) is 6. The van der Waals surface area contributed by atoms with Gasteiger partial charge in [0, 0.05) is 24.2 Å². The molecule has 0 radical (unpaired) electrons. The second-order valence-corrected chi connectivity index (χ2v) is 8.24. The second-order valence-electron chi connectivity index (χ2n) is 6.06. The third-order valence-corrected chi connectivity index (χ3v) is 6.07. The van der Waals surface area contributed by atoms with Crippen LogP contribution in [-0.4, -0.2) is 41.3 Å². The van der Waals surface area contributed by atoms with E-state index in [1.165, 1.54) is 10.5 Å². The molecule has 27 heavy (non-hydrogen) atoms. The van der Waals surface area contributed by atoms with Gasteiger partial charge in [-0.2, -0.15) is 5.10 Å². The molecule has 3 rings (SSSR count). The van der Waals surface area contributed by atoms with Gasteiger partial charge in [0.15, 0.2) is 5.78 Å². The van der Waals surface area contributed by atoms with Crippen LogP contribution in [0.5, 0.6) is 0 Å². The topological polar surface area (TPSA) is 111 Å². The van der Waals surface area contributed by atoms with Gasteiger partial charge < -0.3 is 5.73 Å². The molecule has 3 aromatic rings. The van der Waals surface area contributed by atoms with Crippen LogP contribution in [0.1, 0.15) is 23.0 Å². The van der Waals surface area contributed by atoms with Crippen LogP contribution in [0.4, 0.5) is 5.69 Å². The van der Waals surface area contributed by atoms with Crippen molar-refractivity contribution in [3.05, 3.63) is 54.0 Å². The van der Waals surface area contributed by atoms with E-state index < -0.39 is 10.0 Å². The van der Waals surface area contributed by atoms with Crippen LogP contribution < -0.4 is 10.0 Å². The molecule has 8 nitrogen and oxygen atoms in total. The number of aromatic nitrogens is 3. The Morgan fingerprint density at radius 1 is 1.22 bits per heavy atom. The molecule has 0 aliphatic rings. The third kappa shape index (κ3) is 3.69. The Balaban J connectivity index is 2.05. The number of anilines is 1. The summed E-state index contributed by atoms with van der Waals surface area (Å²) in [7, 11) is -1.79. The smallest absolute Gasteiger partial charge is 0.235 e. The Labute approximate surface area is 157 Å². The number of hydrogen-bond donors (Lipinski definition) is 1. The lowest BCUT2D eigenvalue weighted by atomic mass is 10.2. The van der Waals surface area contributed by atoms with E-state index in [9.17, 15) is 13.2 Å². The van der Waals surface area contributed by atoms with Crippen molar-refractivity contribution in [2.45, 2.75) is 13.5 Å². The Hall–Kier alpha value is -2.78. The molecular formula is C18H21N5O3S. The van der Waals surface area contributed by atoms with Crippen molar-refractivity contribution in [3.8, 4) is 0 Å². The zero-order valence-electron chi connectivity index (χ0n) is 15.2. The summed E-state index contributed by atoms with van der Waals surface area (Å²) in [5, 5.41) is 5.07. The second kappa shape index (κ2) is 7.45. The minimum atomic E-state index is -3.56. The maximum absolute atomic E-state index is 12.8. The molecule has 2 aromatic heterocycles. The van der Waals surface area contributed by atoms with Gasteiger partial charge in [-0.3, -0.25) is 18.8 Å². The highest BCUT2D eigenvalue weighted by Gasteiger charge is 2.24. The van der Waals surface area contributed by atoms with Crippen molar-refractivity contribution in [1.82, 2.24) is 14.8 Å². The largest absolute Gasteiger partial charge is 0.324 e.